The fourth-order valence-corrected chi connectivity index (χ4v) is 2.95. The molecule has 0 heterocycles. The Morgan fingerprint density at radius 3 is 2.05 bits per heavy atom. The fraction of sp³-hybridized carbons (Fsp3) is 0.733. The van der Waals surface area contributed by atoms with Crippen LogP contribution in [-0.4, -0.2) is 23.1 Å². The number of rotatable bonds is 3. The Bertz CT molecular complexity index is 376. The van der Waals surface area contributed by atoms with Gasteiger partial charge in [-0.2, -0.15) is 0 Å². The van der Waals surface area contributed by atoms with Crippen molar-refractivity contribution in [3.63, 3.8) is 0 Å². The van der Waals surface area contributed by atoms with Crippen molar-refractivity contribution < 1.29 is 19.4 Å². The lowest BCUT2D eigenvalue weighted by molar-refractivity contribution is -0.146. The van der Waals surface area contributed by atoms with Gasteiger partial charge in [0.2, 0.25) is 0 Å². The zero-order valence-corrected chi connectivity index (χ0v) is 11.3. The van der Waals surface area contributed by atoms with E-state index >= 15 is 0 Å². The number of esters is 1. The predicted molar refractivity (Wildman–Crippen MR) is 70.7 cm³/mol. The average Bonchev–Trinajstić information content (AvgIpc) is 2.67. The topological polar surface area (TPSA) is 63.6 Å². The first-order chi connectivity index (χ1) is 9.18. The smallest absolute Gasteiger partial charge is 0.334 e. The van der Waals surface area contributed by atoms with Gasteiger partial charge < -0.3 is 9.84 Å². The minimum Gasteiger partial charge on any atom is -0.478 e. The summed E-state index contributed by atoms with van der Waals surface area (Å²) in [6.07, 6.45) is 9.20. The Balaban J connectivity index is 2.02. The molecule has 4 nitrogen and oxygen atoms in total. The molecule has 1 fully saturated rings. The maximum atomic E-state index is 12.1. The van der Waals surface area contributed by atoms with Crippen LogP contribution in [0.25, 0.3) is 0 Å². The zero-order valence-electron chi connectivity index (χ0n) is 11.3. The van der Waals surface area contributed by atoms with Crippen LogP contribution in [0.5, 0.6) is 0 Å². The molecule has 0 aromatic rings. The number of hydrogen-bond acceptors (Lipinski definition) is 3. The molecule has 0 amide bonds. The normalized spacial score (nSPS) is 21.9. The van der Waals surface area contributed by atoms with Crippen molar-refractivity contribution in [3.05, 3.63) is 11.1 Å². The monoisotopic (exact) mass is 266 g/mol. The average molecular weight is 266 g/mol. The van der Waals surface area contributed by atoms with Gasteiger partial charge in [0, 0.05) is 11.1 Å². The van der Waals surface area contributed by atoms with E-state index in [1.165, 1.54) is 12.8 Å². The van der Waals surface area contributed by atoms with Crippen molar-refractivity contribution >= 4 is 11.9 Å². The standard InChI is InChI=1S/C15H22O4/c16-14(17)12-9-5-6-10-13(12)15(18)19-11-7-3-1-2-4-8-11/h11H,1-10H2,(H,16,17). The first-order valence-electron chi connectivity index (χ1n) is 7.35. The Hall–Kier alpha value is -1.32. The second kappa shape index (κ2) is 6.73. The molecule has 0 unspecified atom stereocenters. The van der Waals surface area contributed by atoms with Crippen LogP contribution < -0.4 is 0 Å². The van der Waals surface area contributed by atoms with Gasteiger partial charge in [-0.3, -0.25) is 0 Å². The Kier molecular flexibility index (Phi) is 5.00. The predicted octanol–water partition coefficient (Wildman–Crippen LogP) is 3.21. The van der Waals surface area contributed by atoms with Gasteiger partial charge in [0.05, 0.1) is 0 Å². The zero-order chi connectivity index (χ0) is 13.7. The van der Waals surface area contributed by atoms with E-state index in [4.69, 9.17) is 9.84 Å². The van der Waals surface area contributed by atoms with Crippen LogP contribution in [0.3, 0.4) is 0 Å². The molecule has 0 saturated heterocycles. The molecule has 19 heavy (non-hydrogen) atoms. The molecule has 0 spiro atoms. The molecule has 0 aromatic heterocycles. The third-order valence-corrected chi connectivity index (χ3v) is 4.05. The second-order valence-electron chi connectivity index (χ2n) is 5.49. The van der Waals surface area contributed by atoms with Gasteiger partial charge in [-0.1, -0.05) is 12.8 Å². The second-order valence-corrected chi connectivity index (χ2v) is 5.49. The van der Waals surface area contributed by atoms with Gasteiger partial charge in [-0.05, 0) is 51.4 Å². The van der Waals surface area contributed by atoms with Gasteiger partial charge >= 0.3 is 11.9 Å². The van der Waals surface area contributed by atoms with Crippen LogP contribution in [0, 0.1) is 0 Å². The van der Waals surface area contributed by atoms with Crippen molar-refractivity contribution in [2.75, 3.05) is 0 Å². The van der Waals surface area contributed by atoms with Crippen molar-refractivity contribution in [1.82, 2.24) is 0 Å². The molecular formula is C15H22O4. The summed E-state index contributed by atoms with van der Waals surface area (Å²) in [4.78, 5) is 23.3. The molecule has 0 aliphatic heterocycles. The summed E-state index contributed by atoms with van der Waals surface area (Å²) in [6, 6.07) is 0. The highest BCUT2D eigenvalue weighted by Crippen LogP contribution is 2.28. The SMILES string of the molecule is O=C(O)C1=C(C(=O)OC2CCCCCC2)CCCC1. The Morgan fingerprint density at radius 1 is 0.895 bits per heavy atom. The minimum atomic E-state index is -0.965. The molecule has 0 atom stereocenters. The van der Waals surface area contributed by atoms with E-state index in [1.807, 2.05) is 0 Å². The van der Waals surface area contributed by atoms with Crippen LogP contribution in [-0.2, 0) is 14.3 Å². The number of hydrogen-bond donors (Lipinski definition) is 1. The summed E-state index contributed by atoms with van der Waals surface area (Å²) in [5.74, 6) is -1.35. The van der Waals surface area contributed by atoms with Gasteiger partial charge in [0.1, 0.15) is 6.10 Å². The summed E-state index contributed by atoms with van der Waals surface area (Å²) >= 11 is 0. The van der Waals surface area contributed by atoms with E-state index < -0.39 is 5.97 Å². The maximum Gasteiger partial charge on any atom is 0.334 e. The highest BCUT2D eigenvalue weighted by atomic mass is 16.5. The van der Waals surface area contributed by atoms with Gasteiger partial charge in [0.25, 0.3) is 0 Å². The fourth-order valence-electron chi connectivity index (χ4n) is 2.95. The molecule has 1 saturated carbocycles. The molecule has 4 heteroatoms. The van der Waals surface area contributed by atoms with Crippen LogP contribution >= 0.6 is 0 Å². The number of ether oxygens (including phenoxy) is 1. The number of carboxylic acids is 1. The summed E-state index contributed by atoms with van der Waals surface area (Å²) in [6.45, 7) is 0. The van der Waals surface area contributed by atoms with E-state index in [-0.39, 0.29) is 17.6 Å². The third kappa shape index (κ3) is 3.82. The van der Waals surface area contributed by atoms with Crippen LogP contribution in [0.15, 0.2) is 11.1 Å². The van der Waals surface area contributed by atoms with Gasteiger partial charge in [-0.15, -0.1) is 0 Å². The van der Waals surface area contributed by atoms with E-state index in [1.54, 1.807) is 0 Å². The van der Waals surface area contributed by atoms with E-state index in [9.17, 15) is 9.59 Å². The molecule has 2 aliphatic carbocycles. The first-order valence-corrected chi connectivity index (χ1v) is 7.35. The molecule has 1 N–H and O–H groups in total. The molecular weight excluding hydrogens is 244 g/mol. The largest absolute Gasteiger partial charge is 0.478 e. The maximum absolute atomic E-state index is 12.1. The summed E-state index contributed by atoms with van der Waals surface area (Å²) in [5, 5.41) is 9.14. The molecule has 106 valence electrons. The van der Waals surface area contributed by atoms with Gasteiger partial charge in [0.15, 0.2) is 0 Å². The molecule has 0 radical (unpaired) electrons. The number of carbonyl (C=O) groups excluding carboxylic acids is 1. The highest BCUT2D eigenvalue weighted by molar-refractivity contribution is 5.99. The summed E-state index contributed by atoms with van der Waals surface area (Å²) in [7, 11) is 0. The van der Waals surface area contributed by atoms with Crippen molar-refractivity contribution in [2.24, 2.45) is 0 Å². The van der Waals surface area contributed by atoms with Crippen LogP contribution in [0.4, 0.5) is 0 Å². The van der Waals surface area contributed by atoms with E-state index in [0.717, 1.165) is 38.5 Å². The van der Waals surface area contributed by atoms with Gasteiger partial charge in [-0.25, -0.2) is 9.59 Å². The highest BCUT2D eigenvalue weighted by Gasteiger charge is 2.26. The van der Waals surface area contributed by atoms with E-state index in [0.29, 0.717) is 18.4 Å². The minimum absolute atomic E-state index is 0.0144. The lowest BCUT2D eigenvalue weighted by atomic mass is 9.92. The Labute approximate surface area is 113 Å². The number of carbonyl (C=O) groups is 2. The molecule has 0 aromatic carbocycles. The Morgan fingerprint density at radius 2 is 1.47 bits per heavy atom. The molecule has 2 rings (SSSR count). The molecule has 0 bridgehead atoms. The summed E-state index contributed by atoms with van der Waals surface area (Å²) in [5.41, 5.74) is 0.674. The number of carboxylic acid groups (broad SMARTS) is 1. The third-order valence-electron chi connectivity index (χ3n) is 4.05. The van der Waals surface area contributed by atoms with Crippen LogP contribution in [0.2, 0.25) is 0 Å². The van der Waals surface area contributed by atoms with Crippen molar-refractivity contribution in [2.45, 2.75) is 70.3 Å². The quantitative estimate of drug-likeness (QED) is 0.629. The molecule has 2 aliphatic rings. The summed E-state index contributed by atoms with van der Waals surface area (Å²) < 4.78 is 5.53. The first kappa shape index (κ1) is 14.1. The van der Waals surface area contributed by atoms with Crippen molar-refractivity contribution in [3.8, 4) is 0 Å². The van der Waals surface area contributed by atoms with Crippen molar-refractivity contribution in [1.29, 1.82) is 0 Å². The van der Waals surface area contributed by atoms with Crippen LogP contribution in [0.1, 0.15) is 64.2 Å². The lowest BCUT2D eigenvalue weighted by Gasteiger charge is -2.20. The lowest BCUT2D eigenvalue weighted by Crippen LogP contribution is -2.22. The van der Waals surface area contributed by atoms with E-state index in [2.05, 4.69) is 0 Å². The number of aliphatic carboxylic acids is 1.